The molecule has 1 amide bonds. The lowest BCUT2D eigenvalue weighted by molar-refractivity contribution is -0.384. The maximum atomic E-state index is 14.0. The van der Waals surface area contributed by atoms with Crippen LogP contribution < -0.4 is 19.7 Å². The van der Waals surface area contributed by atoms with Crippen molar-refractivity contribution in [3.63, 3.8) is 0 Å². The lowest BCUT2D eigenvalue weighted by Gasteiger charge is -2.39. The van der Waals surface area contributed by atoms with Crippen LogP contribution in [0.5, 0.6) is 11.5 Å². The Morgan fingerprint density at radius 3 is 2.56 bits per heavy atom. The van der Waals surface area contributed by atoms with Crippen LogP contribution in [0.3, 0.4) is 0 Å². The average molecular weight is 897 g/mol. The van der Waals surface area contributed by atoms with Gasteiger partial charge in [0, 0.05) is 80.3 Å². The molecule has 0 unspecified atom stereocenters. The zero-order valence-corrected chi connectivity index (χ0v) is 37.7. The van der Waals surface area contributed by atoms with Gasteiger partial charge in [0.1, 0.15) is 22.8 Å². The summed E-state index contributed by atoms with van der Waals surface area (Å²) in [6, 6.07) is 20.4. The lowest BCUT2D eigenvalue weighted by Crippen LogP contribution is -2.47. The number of nitrogens with one attached hydrogen (secondary N) is 3. The topological polar surface area (TPSA) is 172 Å². The molecule has 2 fully saturated rings. The molecule has 3 aromatic carbocycles. The van der Waals surface area contributed by atoms with Crippen LogP contribution in [0.1, 0.15) is 75.7 Å². The average Bonchev–Trinajstić information content (AvgIpc) is 3.72. The van der Waals surface area contributed by atoms with Gasteiger partial charge in [-0.15, -0.1) is 0 Å². The summed E-state index contributed by atoms with van der Waals surface area (Å²) in [5.41, 5.74) is 5.24. The van der Waals surface area contributed by atoms with Gasteiger partial charge in [0.2, 0.25) is 0 Å². The Hall–Kier alpha value is -5.48. The molecule has 3 aliphatic rings. The largest absolute Gasteiger partial charge is 0.455 e. The Bertz CT molecular complexity index is 2660. The summed E-state index contributed by atoms with van der Waals surface area (Å²) in [7, 11) is -4.57. The van der Waals surface area contributed by atoms with Gasteiger partial charge >= 0.3 is 0 Å². The molecule has 8 rings (SSSR count). The minimum Gasteiger partial charge on any atom is -0.455 e. The highest BCUT2D eigenvalue weighted by Crippen LogP contribution is 2.43. The van der Waals surface area contributed by atoms with Crippen LogP contribution in [0.2, 0.25) is 5.02 Å². The number of piperazine rings is 1. The molecule has 2 aliphatic heterocycles. The van der Waals surface area contributed by atoms with Crippen molar-refractivity contribution < 1.29 is 27.6 Å². The molecule has 0 spiro atoms. The fourth-order valence-electron chi connectivity index (χ4n) is 8.98. The number of hydrogen-bond donors (Lipinski definition) is 3. The first kappa shape index (κ1) is 44.1. The third kappa shape index (κ3) is 10.5. The van der Waals surface area contributed by atoms with E-state index in [4.69, 9.17) is 21.1 Å². The van der Waals surface area contributed by atoms with Gasteiger partial charge in [0.15, 0.2) is 0 Å². The third-order valence-corrected chi connectivity index (χ3v) is 14.0. The van der Waals surface area contributed by atoms with Crippen LogP contribution in [0.25, 0.3) is 16.6 Å². The van der Waals surface area contributed by atoms with E-state index >= 15 is 0 Å². The monoisotopic (exact) mass is 895 g/mol. The second-order valence-electron chi connectivity index (χ2n) is 18.3. The molecule has 63 heavy (non-hydrogen) atoms. The molecule has 332 valence electrons. The highest BCUT2D eigenvalue weighted by molar-refractivity contribution is 7.90. The molecule has 4 heterocycles. The van der Waals surface area contributed by atoms with Gasteiger partial charge in [-0.3, -0.25) is 19.8 Å². The fraction of sp³-hybridized carbons (Fsp3) is 0.404. The summed E-state index contributed by atoms with van der Waals surface area (Å²) >= 11 is 6.24. The molecule has 14 nitrogen and oxygen atoms in total. The number of nitrogens with zero attached hydrogens (tertiary/aromatic N) is 4. The first-order valence-corrected chi connectivity index (χ1v) is 23.3. The molecule has 1 aliphatic carbocycles. The van der Waals surface area contributed by atoms with E-state index in [0.29, 0.717) is 24.5 Å². The zero-order valence-electron chi connectivity index (χ0n) is 36.1. The van der Waals surface area contributed by atoms with Gasteiger partial charge in [0.25, 0.3) is 21.6 Å². The third-order valence-electron chi connectivity index (χ3n) is 12.4. The molecule has 0 bridgehead atoms. The predicted molar refractivity (Wildman–Crippen MR) is 246 cm³/mol. The van der Waals surface area contributed by atoms with Crippen molar-refractivity contribution >= 4 is 61.2 Å². The number of ether oxygens (including phenoxy) is 2. The van der Waals surface area contributed by atoms with Gasteiger partial charge in [-0.1, -0.05) is 43.2 Å². The van der Waals surface area contributed by atoms with E-state index in [1.54, 1.807) is 30.5 Å². The zero-order chi connectivity index (χ0) is 44.5. The Morgan fingerprint density at radius 2 is 1.81 bits per heavy atom. The minimum atomic E-state index is -4.57. The van der Waals surface area contributed by atoms with Gasteiger partial charge in [0.05, 0.1) is 27.2 Å². The summed E-state index contributed by atoms with van der Waals surface area (Å²) in [5, 5.41) is 16.8. The molecule has 16 heteroatoms. The maximum absolute atomic E-state index is 14.0. The molecular formula is C47H54ClN7O7S. The number of H-pyrrole nitrogens is 1. The van der Waals surface area contributed by atoms with Gasteiger partial charge in [-0.25, -0.2) is 18.1 Å². The number of anilines is 2. The number of sulfonamides is 1. The van der Waals surface area contributed by atoms with Crippen LogP contribution >= 0.6 is 11.6 Å². The number of fused-ring (bicyclic) bond motifs is 1. The number of allylic oxidation sites excluding steroid dienone is 1. The number of halogens is 1. The van der Waals surface area contributed by atoms with Crippen LogP contribution in [0, 0.1) is 21.4 Å². The standard InChI is InChI=1S/C47H54ClN7O7S/c1-46(2)16-13-34(40(27-46)32-5-7-35(48)8-6-32)30-53-18-20-54(21-19-53)36-9-11-39(43(24-36)62-37-23-33-14-17-49-44(33)51-29-37)45(56)52-63(59,60)38-10-12-41(42(25-38)55(57)58)50-28-31-15-22-61-47(3,4)26-31/h5-12,14,17,23-25,29,31,50H,13,15-16,18-22,26-28,30H2,1-4H3,(H,49,51)(H,52,56)/t31-/m1/s1. The molecule has 2 aromatic heterocycles. The van der Waals surface area contributed by atoms with Crippen molar-refractivity contribution in [3.05, 3.63) is 117 Å². The Morgan fingerprint density at radius 1 is 1.03 bits per heavy atom. The summed E-state index contributed by atoms with van der Waals surface area (Å²) in [6.07, 6.45) is 8.06. The minimum absolute atomic E-state index is 0.0378. The van der Waals surface area contributed by atoms with E-state index < -0.39 is 31.4 Å². The van der Waals surface area contributed by atoms with Gasteiger partial charge < -0.3 is 24.7 Å². The van der Waals surface area contributed by atoms with Crippen molar-refractivity contribution in [1.82, 2.24) is 19.6 Å². The fourth-order valence-corrected chi connectivity index (χ4v) is 10.1. The number of carbonyl (C=O) groups is 1. The molecule has 5 aromatic rings. The Labute approximate surface area is 373 Å². The molecule has 2 saturated heterocycles. The summed E-state index contributed by atoms with van der Waals surface area (Å²) in [6.45, 7) is 13.7. The number of carbonyl (C=O) groups excluding carboxylic acids is 1. The second-order valence-corrected chi connectivity index (χ2v) is 20.4. The van der Waals surface area contributed by atoms with Crippen LogP contribution in [0.15, 0.2) is 95.7 Å². The quantitative estimate of drug-likeness (QED) is 0.0760. The van der Waals surface area contributed by atoms with E-state index in [1.165, 1.54) is 35.0 Å². The SMILES string of the molecule is CC1(C)CCC(CN2CCN(c3ccc(C(=O)NS(=O)(=O)c4ccc(NC[C@@H]5CCOC(C)(C)C5)c([N+](=O)[O-])c4)c(Oc4cnc5[nH]ccc5c4)c3)CC2)=C(c2ccc(Cl)cc2)C1. The molecule has 0 radical (unpaired) electrons. The smallest absolute Gasteiger partial charge is 0.293 e. The molecule has 3 N–H and O–H groups in total. The number of nitro benzene ring substituents is 1. The Balaban J connectivity index is 0.998. The molecule has 0 saturated carbocycles. The number of rotatable bonds is 13. The number of benzene rings is 3. The van der Waals surface area contributed by atoms with E-state index in [9.17, 15) is 23.3 Å². The van der Waals surface area contributed by atoms with Crippen LogP contribution in [-0.4, -0.2) is 85.6 Å². The van der Waals surface area contributed by atoms with E-state index in [1.807, 2.05) is 32.0 Å². The van der Waals surface area contributed by atoms with Crippen molar-refractivity contribution in [2.24, 2.45) is 11.3 Å². The van der Waals surface area contributed by atoms with Gasteiger partial charge in [-0.05, 0) is 117 Å². The van der Waals surface area contributed by atoms with Crippen molar-refractivity contribution in [1.29, 1.82) is 0 Å². The summed E-state index contributed by atoms with van der Waals surface area (Å²) in [5.74, 6) is -0.256. The number of nitro groups is 1. The Kier molecular flexibility index (Phi) is 12.6. The van der Waals surface area contributed by atoms with E-state index in [2.05, 4.69) is 55.8 Å². The number of aromatic amines is 1. The summed E-state index contributed by atoms with van der Waals surface area (Å²) < 4.78 is 41.7. The first-order chi connectivity index (χ1) is 30.0. The number of amides is 1. The summed E-state index contributed by atoms with van der Waals surface area (Å²) in [4.78, 5) is 37.3. The van der Waals surface area contributed by atoms with Crippen molar-refractivity contribution in [2.45, 2.75) is 70.3 Å². The normalized spacial score (nSPS) is 19.2. The maximum Gasteiger partial charge on any atom is 0.293 e. The second kappa shape index (κ2) is 17.9. The highest BCUT2D eigenvalue weighted by atomic mass is 35.5. The number of aromatic nitrogens is 2. The van der Waals surface area contributed by atoms with Gasteiger partial charge in [-0.2, -0.15) is 0 Å². The van der Waals surface area contributed by atoms with Crippen LogP contribution in [0.4, 0.5) is 17.1 Å². The number of pyridine rings is 1. The highest BCUT2D eigenvalue weighted by Gasteiger charge is 2.32. The lowest BCUT2D eigenvalue weighted by atomic mass is 9.72. The van der Waals surface area contributed by atoms with Crippen molar-refractivity contribution in [2.75, 3.05) is 56.1 Å². The van der Waals surface area contributed by atoms with E-state index in [0.717, 1.165) is 87.0 Å². The van der Waals surface area contributed by atoms with E-state index in [-0.39, 0.29) is 33.9 Å². The molecular weight excluding hydrogens is 842 g/mol. The first-order valence-electron chi connectivity index (χ1n) is 21.4. The predicted octanol–water partition coefficient (Wildman–Crippen LogP) is 9.44. The van der Waals surface area contributed by atoms with Crippen molar-refractivity contribution in [3.8, 4) is 11.5 Å². The molecule has 1 atom stereocenters. The van der Waals surface area contributed by atoms with Crippen LogP contribution in [-0.2, 0) is 14.8 Å². The number of hydrogen-bond acceptors (Lipinski definition) is 11.